The van der Waals surface area contributed by atoms with Gasteiger partial charge in [-0.3, -0.25) is 0 Å². The summed E-state index contributed by atoms with van der Waals surface area (Å²) in [5.41, 5.74) is 0.301. The van der Waals surface area contributed by atoms with E-state index in [1.165, 1.54) is 25.7 Å². The molecule has 1 saturated carbocycles. The van der Waals surface area contributed by atoms with Gasteiger partial charge in [-0.2, -0.15) is 5.26 Å². The van der Waals surface area contributed by atoms with E-state index in [1.54, 1.807) is 0 Å². The molecule has 0 amide bonds. The van der Waals surface area contributed by atoms with Crippen LogP contribution in [0.2, 0.25) is 0 Å². The van der Waals surface area contributed by atoms with E-state index in [4.69, 9.17) is 5.26 Å². The Labute approximate surface area is 94.1 Å². The van der Waals surface area contributed by atoms with E-state index in [2.05, 4.69) is 25.2 Å². The first kappa shape index (κ1) is 12.5. The van der Waals surface area contributed by atoms with Gasteiger partial charge in [0, 0.05) is 12.6 Å². The van der Waals surface area contributed by atoms with Crippen molar-refractivity contribution < 1.29 is 0 Å². The molecule has 0 aromatic carbocycles. The molecule has 15 heavy (non-hydrogen) atoms. The molecule has 0 aliphatic heterocycles. The molecule has 0 saturated heterocycles. The van der Waals surface area contributed by atoms with Crippen LogP contribution in [0.3, 0.4) is 0 Å². The van der Waals surface area contributed by atoms with E-state index in [0.29, 0.717) is 11.5 Å². The highest BCUT2D eigenvalue weighted by molar-refractivity contribution is 4.94. The van der Waals surface area contributed by atoms with Crippen LogP contribution in [0, 0.1) is 22.2 Å². The van der Waals surface area contributed by atoms with Crippen molar-refractivity contribution in [1.82, 2.24) is 5.32 Å². The predicted molar refractivity (Wildman–Crippen MR) is 63.4 cm³/mol. The first-order chi connectivity index (χ1) is 6.85. The van der Waals surface area contributed by atoms with Crippen molar-refractivity contribution in [2.75, 3.05) is 6.54 Å². The second kappa shape index (κ2) is 4.53. The molecule has 2 nitrogen and oxygen atoms in total. The minimum absolute atomic E-state index is 0.229. The molecule has 2 heteroatoms. The van der Waals surface area contributed by atoms with Gasteiger partial charge in [0.1, 0.15) is 0 Å². The molecule has 0 radical (unpaired) electrons. The molecule has 0 unspecified atom stereocenters. The van der Waals surface area contributed by atoms with E-state index in [-0.39, 0.29) is 5.41 Å². The van der Waals surface area contributed by atoms with Crippen LogP contribution in [-0.2, 0) is 0 Å². The molecule has 1 aliphatic carbocycles. The third-order valence-electron chi connectivity index (χ3n) is 3.47. The Balaban J connectivity index is 2.29. The van der Waals surface area contributed by atoms with Crippen LogP contribution in [0.5, 0.6) is 0 Å². The molecular weight excluding hydrogens is 184 g/mol. The molecule has 1 rings (SSSR count). The molecule has 1 aliphatic rings. The number of nitriles is 1. The minimum atomic E-state index is -0.229. The highest BCUT2D eigenvalue weighted by atomic mass is 14.9. The zero-order valence-corrected chi connectivity index (χ0v) is 10.6. The Morgan fingerprint density at radius 3 is 2.33 bits per heavy atom. The first-order valence-electron chi connectivity index (χ1n) is 5.99. The number of hydrogen-bond donors (Lipinski definition) is 1. The normalized spacial score (nSPS) is 22.3. The van der Waals surface area contributed by atoms with E-state index in [1.807, 2.05) is 13.8 Å². The summed E-state index contributed by atoms with van der Waals surface area (Å²) in [6.07, 6.45) is 5.12. The quantitative estimate of drug-likeness (QED) is 0.773. The number of rotatable bonds is 3. The van der Waals surface area contributed by atoms with Crippen molar-refractivity contribution in [3.05, 3.63) is 0 Å². The Morgan fingerprint density at radius 2 is 1.87 bits per heavy atom. The lowest BCUT2D eigenvalue weighted by molar-refractivity contribution is 0.200. The molecule has 86 valence electrons. The van der Waals surface area contributed by atoms with Crippen LogP contribution in [0.1, 0.15) is 53.4 Å². The van der Waals surface area contributed by atoms with E-state index >= 15 is 0 Å². The maximum absolute atomic E-state index is 8.92. The monoisotopic (exact) mass is 208 g/mol. The third-order valence-corrected chi connectivity index (χ3v) is 3.47. The van der Waals surface area contributed by atoms with Gasteiger partial charge in [0.25, 0.3) is 0 Å². The van der Waals surface area contributed by atoms with Crippen LogP contribution < -0.4 is 5.32 Å². The molecule has 1 N–H and O–H groups in total. The standard InChI is InChI=1S/C13H24N2/c1-12(2)7-5-11(6-8-12)15-10-13(3,4)9-14/h11,15H,5-8,10H2,1-4H3. The maximum atomic E-state index is 8.92. The number of nitrogens with one attached hydrogen (secondary N) is 1. The second-order valence-electron chi connectivity index (χ2n) is 6.32. The molecule has 0 bridgehead atoms. The fourth-order valence-corrected chi connectivity index (χ4v) is 2.04. The summed E-state index contributed by atoms with van der Waals surface area (Å²) in [6, 6.07) is 2.96. The third kappa shape index (κ3) is 4.22. The van der Waals surface area contributed by atoms with E-state index < -0.39 is 0 Å². The summed E-state index contributed by atoms with van der Waals surface area (Å²) in [5, 5.41) is 12.4. The molecular formula is C13H24N2. The molecule has 0 atom stereocenters. The lowest BCUT2D eigenvalue weighted by Gasteiger charge is -2.35. The SMILES string of the molecule is CC(C)(C#N)CNC1CCC(C)(C)CC1. The van der Waals surface area contributed by atoms with Gasteiger partial charge in [0.05, 0.1) is 11.5 Å². The van der Waals surface area contributed by atoms with Crippen molar-refractivity contribution in [3.8, 4) is 6.07 Å². The summed E-state index contributed by atoms with van der Waals surface area (Å²) in [6.45, 7) is 9.50. The largest absolute Gasteiger partial charge is 0.312 e. The van der Waals surface area contributed by atoms with Gasteiger partial charge < -0.3 is 5.32 Å². The summed E-state index contributed by atoms with van der Waals surface area (Å²) in [7, 11) is 0. The van der Waals surface area contributed by atoms with Crippen molar-refractivity contribution in [1.29, 1.82) is 5.26 Å². The number of hydrogen-bond acceptors (Lipinski definition) is 2. The van der Waals surface area contributed by atoms with Crippen LogP contribution in [-0.4, -0.2) is 12.6 Å². The number of nitrogens with zero attached hydrogens (tertiary/aromatic N) is 1. The predicted octanol–water partition coefficient (Wildman–Crippen LogP) is 3.09. The smallest absolute Gasteiger partial charge is 0.0697 e. The van der Waals surface area contributed by atoms with Crippen LogP contribution in [0.4, 0.5) is 0 Å². The first-order valence-corrected chi connectivity index (χ1v) is 5.99. The lowest BCUT2D eigenvalue weighted by Crippen LogP contribution is -2.40. The van der Waals surface area contributed by atoms with Gasteiger partial charge >= 0.3 is 0 Å². The Morgan fingerprint density at radius 1 is 1.33 bits per heavy atom. The minimum Gasteiger partial charge on any atom is -0.312 e. The molecule has 0 spiro atoms. The van der Waals surface area contributed by atoms with Gasteiger partial charge in [0.15, 0.2) is 0 Å². The highest BCUT2D eigenvalue weighted by Gasteiger charge is 2.27. The van der Waals surface area contributed by atoms with Gasteiger partial charge in [-0.25, -0.2) is 0 Å². The van der Waals surface area contributed by atoms with Crippen LogP contribution in [0.15, 0.2) is 0 Å². The van der Waals surface area contributed by atoms with Crippen molar-refractivity contribution in [3.63, 3.8) is 0 Å². The summed E-state index contributed by atoms with van der Waals surface area (Å²) in [4.78, 5) is 0. The Kier molecular flexibility index (Phi) is 3.78. The molecule has 0 aromatic rings. The van der Waals surface area contributed by atoms with Gasteiger partial charge in [-0.15, -0.1) is 0 Å². The summed E-state index contributed by atoms with van der Waals surface area (Å²) >= 11 is 0. The fraction of sp³-hybridized carbons (Fsp3) is 0.923. The van der Waals surface area contributed by atoms with E-state index in [0.717, 1.165) is 6.54 Å². The molecule has 1 fully saturated rings. The van der Waals surface area contributed by atoms with Crippen molar-refractivity contribution in [2.45, 2.75) is 59.4 Å². The van der Waals surface area contributed by atoms with Crippen LogP contribution in [0.25, 0.3) is 0 Å². The summed E-state index contributed by atoms with van der Waals surface area (Å²) in [5.74, 6) is 0. The average molecular weight is 208 g/mol. The van der Waals surface area contributed by atoms with Crippen LogP contribution >= 0.6 is 0 Å². The van der Waals surface area contributed by atoms with Crippen molar-refractivity contribution >= 4 is 0 Å². The molecule has 0 heterocycles. The zero-order valence-electron chi connectivity index (χ0n) is 10.6. The van der Waals surface area contributed by atoms with Gasteiger partial charge in [0.2, 0.25) is 0 Å². The van der Waals surface area contributed by atoms with Gasteiger partial charge in [-0.05, 0) is 44.9 Å². The Bertz CT molecular complexity index is 238. The Hall–Kier alpha value is -0.550. The van der Waals surface area contributed by atoms with Gasteiger partial charge in [-0.1, -0.05) is 13.8 Å². The lowest BCUT2D eigenvalue weighted by atomic mass is 9.75. The second-order valence-corrected chi connectivity index (χ2v) is 6.32. The average Bonchev–Trinajstić information content (AvgIpc) is 2.16. The zero-order chi connectivity index (χ0) is 11.5. The van der Waals surface area contributed by atoms with Crippen molar-refractivity contribution in [2.24, 2.45) is 10.8 Å². The maximum Gasteiger partial charge on any atom is 0.0697 e. The summed E-state index contributed by atoms with van der Waals surface area (Å²) < 4.78 is 0. The highest BCUT2D eigenvalue weighted by Crippen LogP contribution is 2.35. The topological polar surface area (TPSA) is 35.8 Å². The fourth-order valence-electron chi connectivity index (χ4n) is 2.04. The van der Waals surface area contributed by atoms with E-state index in [9.17, 15) is 0 Å². The molecule has 0 aromatic heterocycles.